The monoisotopic (exact) mass is 253 g/mol. The number of ether oxygens (including phenoxy) is 1. The molecule has 2 rings (SSSR count). The number of hydrogen-bond donors (Lipinski definition) is 0. The standard InChI is InChI=1S/C13H10F3NO/c1-9-12(6-3-7-17-9)10-4-2-5-11(8-10)18-13(14,15)16/h2-8H,1H3. The molecule has 5 heteroatoms. The van der Waals surface area contributed by atoms with Crippen molar-refractivity contribution in [3.8, 4) is 16.9 Å². The molecular formula is C13H10F3NO. The van der Waals surface area contributed by atoms with E-state index in [0.29, 0.717) is 5.56 Å². The first-order valence-electron chi connectivity index (χ1n) is 5.23. The fourth-order valence-electron chi connectivity index (χ4n) is 1.65. The summed E-state index contributed by atoms with van der Waals surface area (Å²) in [5.41, 5.74) is 2.18. The molecule has 18 heavy (non-hydrogen) atoms. The van der Waals surface area contributed by atoms with Crippen molar-refractivity contribution in [2.75, 3.05) is 0 Å². The van der Waals surface area contributed by atoms with Crippen molar-refractivity contribution in [1.29, 1.82) is 0 Å². The molecule has 0 amide bonds. The van der Waals surface area contributed by atoms with Crippen LogP contribution in [0, 0.1) is 6.92 Å². The molecule has 0 aliphatic carbocycles. The van der Waals surface area contributed by atoms with Crippen LogP contribution in [0.5, 0.6) is 5.75 Å². The maximum atomic E-state index is 12.1. The summed E-state index contributed by atoms with van der Waals surface area (Å²) in [7, 11) is 0. The first-order valence-corrected chi connectivity index (χ1v) is 5.23. The van der Waals surface area contributed by atoms with E-state index in [4.69, 9.17) is 0 Å². The van der Waals surface area contributed by atoms with Crippen LogP contribution < -0.4 is 4.74 Å². The topological polar surface area (TPSA) is 22.1 Å². The Bertz CT molecular complexity index is 552. The Morgan fingerprint density at radius 2 is 1.89 bits per heavy atom. The van der Waals surface area contributed by atoms with Crippen molar-refractivity contribution in [3.63, 3.8) is 0 Å². The van der Waals surface area contributed by atoms with Crippen molar-refractivity contribution in [2.45, 2.75) is 13.3 Å². The zero-order valence-electron chi connectivity index (χ0n) is 9.53. The van der Waals surface area contributed by atoms with E-state index >= 15 is 0 Å². The Kier molecular flexibility index (Phi) is 3.23. The van der Waals surface area contributed by atoms with Gasteiger partial charge in [0.15, 0.2) is 0 Å². The zero-order chi connectivity index (χ0) is 13.2. The predicted molar refractivity (Wildman–Crippen MR) is 61.1 cm³/mol. The van der Waals surface area contributed by atoms with E-state index < -0.39 is 6.36 Å². The molecule has 94 valence electrons. The highest BCUT2D eigenvalue weighted by molar-refractivity contribution is 5.66. The number of nitrogens with zero attached hydrogens (tertiary/aromatic N) is 1. The van der Waals surface area contributed by atoms with Crippen LogP contribution in [0.2, 0.25) is 0 Å². The van der Waals surface area contributed by atoms with Gasteiger partial charge in [0.1, 0.15) is 5.75 Å². The third-order valence-corrected chi connectivity index (χ3v) is 2.39. The molecular weight excluding hydrogens is 243 g/mol. The largest absolute Gasteiger partial charge is 0.573 e. The molecule has 0 fully saturated rings. The van der Waals surface area contributed by atoms with Crippen LogP contribution >= 0.6 is 0 Å². The van der Waals surface area contributed by atoms with E-state index in [-0.39, 0.29) is 5.75 Å². The minimum Gasteiger partial charge on any atom is -0.406 e. The maximum absolute atomic E-state index is 12.1. The maximum Gasteiger partial charge on any atom is 0.573 e. The van der Waals surface area contributed by atoms with Crippen molar-refractivity contribution in [2.24, 2.45) is 0 Å². The Morgan fingerprint density at radius 3 is 2.56 bits per heavy atom. The number of rotatable bonds is 2. The molecule has 0 saturated heterocycles. The molecule has 0 bridgehead atoms. The molecule has 0 radical (unpaired) electrons. The Hall–Kier alpha value is -2.04. The Morgan fingerprint density at radius 1 is 1.11 bits per heavy atom. The Labute approximate surface area is 102 Å². The summed E-state index contributed by atoms with van der Waals surface area (Å²) in [5.74, 6) is -0.233. The lowest BCUT2D eigenvalue weighted by atomic mass is 10.0. The van der Waals surface area contributed by atoms with E-state index in [0.717, 1.165) is 11.3 Å². The molecule has 2 nitrogen and oxygen atoms in total. The summed E-state index contributed by atoms with van der Waals surface area (Å²) in [5, 5.41) is 0. The first-order chi connectivity index (χ1) is 8.46. The van der Waals surface area contributed by atoms with Gasteiger partial charge in [-0.3, -0.25) is 4.98 Å². The number of halogens is 3. The molecule has 0 spiro atoms. The molecule has 0 N–H and O–H groups in total. The molecule has 2 aromatic rings. The summed E-state index contributed by atoms with van der Waals surface area (Å²) < 4.78 is 40.2. The van der Waals surface area contributed by atoms with E-state index in [1.54, 1.807) is 31.3 Å². The highest BCUT2D eigenvalue weighted by Gasteiger charge is 2.31. The fraction of sp³-hybridized carbons (Fsp3) is 0.154. The summed E-state index contributed by atoms with van der Waals surface area (Å²) in [4.78, 5) is 4.10. The number of pyridine rings is 1. The summed E-state index contributed by atoms with van der Waals surface area (Å²) in [6.45, 7) is 1.80. The lowest BCUT2D eigenvalue weighted by molar-refractivity contribution is -0.274. The van der Waals surface area contributed by atoms with Gasteiger partial charge in [0, 0.05) is 17.5 Å². The second kappa shape index (κ2) is 4.68. The normalized spacial score (nSPS) is 11.3. The highest BCUT2D eigenvalue weighted by Crippen LogP contribution is 2.28. The average Bonchev–Trinajstić information content (AvgIpc) is 2.27. The lowest BCUT2D eigenvalue weighted by Gasteiger charge is -2.10. The highest BCUT2D eigenvalue weighted by atomic mass is 19.4. The molecule has 1 heterocycles. The summed E-state index contributed by atoms with van der Waals surface area (Å²) in [6, 6.07) is 9.38. The Balaban J connectivity index is 2.36. The van der Waals surface area contributed by atoms with E-state index in [1.165, 1.54) is 18.2 Å². The molecule has 1 aromatic carbocycles. The molecule has 0 aliphatic rings. The van der Waals surface area contributed by atoms with Crippen LogP contribution in [0.15, 0.2) is 42.6 Å². The number of aryl methyl sites for hydroxylation is 1. The van der Waals surface area contributed by atoms with Gasteiger partial charge in [-0.25, -0.2) is 0 Å². The van der Waals surface area contributed by atoms with Gasteiger partial charge < -0.3 is 4.74 Å². The number of alkyl halides is 3. The van der Waals surface area contributed by atoms with E-state index in [1.807, 2.05) is 0 Å². The van der Waals surface area contributed by atoms with Gasteiger partial charge in [-0.2, -0.15) is 0 Å². The average molecular weight is 253 g/mol. The van der Waals surface area contributed by atoms with Gasteiger partial charge in [0.05, 0.1) is 0 Å². The van der Waals surface area contributed by atoms with Crippen molar-refractivity contribution in [3.05, 3.63) is 48.3 Å². The minimum atomic E-state index is -4.68. The van der Waals surface area contributed by atoms with Gasteiger partial charge in [0.2, 0.25) is 0 Å². The van der Waals surface area contributed by atoms with E-state index in [9.17, 15) is 13.2 Å². The van der Waals surface area contributed by atoms with Gasteiger partial charge >= 0.3 is 6.36 Å². The second-order valence-corrected chi connectivity index (χ2v) is 3.71. The number of benzene rings is 1. The predicted octanol–water partition coefficient (Wildman–Crippen LogP) is 3.96. The van der Waals surface area contributed by atoms with Crippen molar-refractivity contribution in [1.82, 2.24) is 4.98 Å². The third-order valence-electron chi connectivity index (χ3n) is 2.39. The number of aromatic nitrogens is 1. The van der Waals surface area contributed by atoms with Crippen molar-refractivity contribution < 1.29 is 17.9 Å². The molecule has 0 aliphatic heterocycles. The molecule has 0 atom stereocenters. The first kappa shape index (κ1) is 12.4. The van der Waals surface area contributed by atoms with E-state index in [2.05, 4.69) is 9.72 Å². The van der Waals surface area contributed by atoms with Crippen LogP contribution in [0.4, 0.5) is 13.2 Å². The van der Waals surface area contributed by atoms with Crippen molar-refractivity contribution >= 4 is 0 Å². The van der Waals surface area contributed by atoms with Gasteiger partial charge in [-0.15, -0.1) is 13.2 Å². The van der Waals surface area contributed by atoms with Crippen LogP contribution in [0.3, 0.4) is 0 Å². The molecule has 1 aromatic heterocycles. The summed E-state index contributed by atoms with van der Waals surface area (Å²) >= 11 is 0. The SMILES string of the molecule is Cc1ncccc1-c1cccc(OC(F)(F)F)c1. The van der Waals surface area contributed by atoms with Crippen LogP contribution in [-0.2, 0) is 0 Å². The van der Waals surface area contributed by atoms with Crippen LogP contribution in [0.1, 0.15) is 5.69 Å². The van der Waals surface area contributed by atoms with Gasteiger partial charge in [0.25, 0.3) is 0 Å². The summed E-state index contributed by atoms with van der Waals surface area (Å²) in [6.07, 6.45) is -3.04. The third kappa shape index (κ3) is 3.00. The molecule has 0 saturated carbocycles. The van der Waals surface area contributed by atoms with Gasteiger partial charge in [-0.1, -0.05) is 18.2 Å². The number of hydrogen-bond acceptors (Lipinski definition) is 2. The quantitative estimate of drug-likeness (QED) is 0.808. The second-order valence-electron chi connectivity index (χ2n) is 3.71. The molecule has 0 unspecified atom stereocenters. The van der Waals surface area contributed by atoms with Crippen LogP contribution in [-0.4, -0.2) is 11.3 Å². The fourth-order valence-corrected chi connectivity index (χ4v) is 1.65. The smallest absolute Gasteiger partial charge is 0.406 e. The van der Waals surface area contributed by atoms with Crippen LogP contribution in [0.25, 0.3) is 11.1 Å². The lowest BCUT2D eigenvalue weighted by Crippen LogP contribution is -2.17. The zero-order valence-corrected chi connectivity index (χ0v) is 9.53. The minimum absolute atomic E-state index is 0.233. The van der Waals surface area contributed by atoms with Gasteiger partial charge in [-0.05, 0) is 30.7 Å².